The number of hydrogen-bond acceptors (Lipinski definition) is 2. The van der Waals surface area contributed by atoms with E-state index in [2.05, 4.69) is 51.4 Å². The van der Waals surface area contributed by atoms with E-state index in [0.717, 1.165) is 32.5 Å². The van der Waals surface area contributed by atoms with Crippen LogP contribution in [0.5, 0.6) is 0 Å². The number of ether oxygens (including phenoxy) is 1. The highest BCUT2D eigenvalue weighted by Gasteiger charge is 2.35. The fraction of sp³-hybridized carbons (Fsp3) is 0.867. The highest BCUT2D eigenvalue weighted by atomic mass is 16.5. The lowest BCUT2D eigenvalue weighted by molar-refractivity contribution is -0.135. The minimum absolute atomic E-state index is 0.0170. The van der Waals surface area contributed by atoms with E-state index >= 15 is 0 Å². The van der Waals surface area contributed by atoms with Crippen molar-refractivity contribution in [2.45, 2.75) is 65.1 Å². The van der Waals surface area contributed by atoms with Crippen molar-refractivity contribution in [2.75, 3.05) is 19.6 Å². The first-order chi connectivity index (χ1) is 7.91. The topological polar surface area (TPSA) is 12.5 Å². The number of hydrogen-bond donors (Lipinski definition) is 0. The smallest absolute Gasteiger partial charge is 0.126 e. The van der Waals surface area contributed by atoms with Gasteiger partial charge in [0.15, 0.2) is 0 Å². The maximum absolute atomic E-state index is 6.12. The van der Waals surface area contributed by atoms with Gasteiger partial charge in [-0.15, -0.1) is 0 Å². The molecule has 0 aromatic heterocycles. The Bertz CT molecular complexity index is 296. The molecule has 0 N–H and O–H groups in total. The summed E-state index contributed by atoms with van der Waals surface area (Å²) in [5, 5.41) is 0. The van der Waals surface area contributed by atoms with Crippen molar-refractivity contribution in [3.8, 4) is 11.8 Å². The van der Waals surface area contributed by atoms with Gasteiger partial charge in [0.2, 0.25) is 0 Å². The SMILES string of the molecule is CCN(CC)CC#C[C@]1(C)CCCC(C)(C)O1. The molecule has 0 aromatic rings. The molecule has 98 valence electrons. The summed E-state index contributed by atoms with van der Waals surface area (Å²) in [6, 6.07) is 0. The summed E-state index contributed by atoms with van der Waals surface area (Å²) in [6.07, 6.45) is 3.41. The lowest BCUT2D eigenvalue weighted by Gasteiger charge is -2.40. The summed E-state index contributed by atoms with van der Waals surface area (Å²) in [6.45, 7) is 13.8. The van der Waals surface area contributed by atoms with E-state index in [1.54, 1.807) is 0 Å². The van der Waals surface area contributed by atoms with Gasteiger partial charge in [-0.2, -0.15) is 0 Å². The molecule has 1 rings (SSSR count). The van der Waals surface area contributed by atoms with Crippen LogP contribution in [0.3, 0.4) is 0 Å². The Balaban J connectivity index is 2.57. The molecule has 1 heterocycles. The molecule has 0 spiro atoms. The van der Waals surface area contributed by atoms with E-state index in [1.165, 1.54) is 6.42 Å². The van der Waals surface area contributed by atoms with Crippen molar-refractivity contribution in [3.63, 3.8) is 0 Å². The third-order valence-corrected chi connectivity index (χ3v) is 3.48. The summed E-state index contributed by atoms with van der Waals surface area (Å²) >= 11 is 0. The molecule has 0 amide bonds. The van der Waals surface area contributed by atoms with Crippen LogP contribution in [0, 0.1) is 11.8 Å². The average molecular weight is 237 g/mol. The Labute approximate surface area is 107 Å². The van der Waals surface area contributed by atoms with E-state index in [4.69, 9.17) is 4.74 Å². The normalized spacial score (nSPS) is 27.6. The van der Waals surface area contributed by atoms with Gasteiger partial charge in [0.1, 0.15) is 5.60 Å². The predicted octanol–water partition coefficient (Wildman–Crippen LogP) is 3.07. The van der Waals surface area contributed by atoms with Crippen LogP contribution < -0.4 is 0 Å². The van der Waals surface area contributed by atoms with Crippen LogP contribution in [0.15, 0.2) is 0 Å². The van der Waals surface area contributed by atoms with E-state index in [1.807, 2.05) is 0 Å². The zero-order valence-electron chi connectivity index (χ0n) is 12.1. The predicted molar refractivity (Wildman–Crippen MR) is 73.0 cm³/mol. The van der Waals surface area contributed by atoms with Gasteiger partial charge < -0.3 is 4.74 Å². The minimum atomic E-state index is -0.241. The van der Waals surface area contributed by atoms with Crippen LogP contribution in [0.1, 0.15) is 53.9 Å². The Morgan fingerprint density at radius 3 is 2.29 bits per heavy atom. The van der Waals surface area contributed by atoms with E-state index < -0.39 is 0 Å². The van der Waals surface area contributed by atoms with Gasteiger partial charge in [0, 0.05) is 0 Å². The minimum Gasteiger partial charge on any atom is -0.357 e. The van der Waals surface area contributed by atoms with Crippen molar-refractivity contribution in [2.24, 2.45) is 0 Å². The zero-order chi connectivity index (χ0) is 12.9. The van der Waals surface area contributed by atoms with Gasteiger partial charge >= 0.3 is 0 Å². The van der Waals surface area contributed by atoms with Crippen molar-refractivity contribution in [1.82, 2.24) is 4.90 Å². The molecule has 0 aliphatic carbocycles. The molecule has 0 saturated carbocycles. The lowest BCUT2D eigenvalue weighted by atomic mass is 9.88. The molecule has 2 nitrogen and oxygen atoms in total. The molecule has 0 bridgehead atoms. The maximum Gasteiger partial charge on any atom is 0.126 e. The van der Waals surface area contributed by atoms with Crippen LogP contribution in [-0.2, 0) is 4.74 Å². The standard InChI is InChI=1S/C15H27NO/c1-6-16(7-2)13-9-12-15(5)11-8-10-14(3,4)17-15/h6-8,10-11,13H2,1-5H3/t15-/m0/s1. The fourth-order valence-electron chi connectivity index (χ4n) is 2.44. The van der Waals surface area contributed by atoms with Crippen molar-refractivity contribution in [3.05, 3.63) is 0 Å². The second-order valence-corrected chi connectivity index (χ2v) is 5.71. The highest BCUT2D eigenvalue weighted by Crippen LogP contribution is 2.34. The van der Waals surface area contributed by atoms with Crippen LogP contribution in [-0.4, -0.2) is 35.7 Å². The molecular formula is C15H27NO. The molecule has 0 radical (unpaired) electrons. The first-order valence-electron chi connectivity index (χ1n) is 6.83. The second-order valence-electron chi connectivity index (χ2n) is 5.71. The second kappa shape index (κ2) is 5.89. The van der Waals surface area contributed by atoms with E-state index in [0.29, 0.717) is 0 Å². The number of nitrogens with zero attached hydrogens (tertiary/aromatic N) is 1. The van der Waals surface area contributed by atoms with Gasteiger partial charge in [0.25, 0.3) is 0 Å². The third kappa shape index (κ3) is 4.69. The monoisotopic (exact) mass is 237 g/mol. The summed E-state index contributed by atoms with van der Waals surface area (Å²) in [7, 11) is 0. The van der Waals surface area contributed by atoms with E-state index in [-0.39, 0.29) is 11.2 Å². The van der Waals surface area contributed by atoms with Gasteiger partial charge in [-0.05, 0) is 53.1 Å². The number of rotatable bonds is 3. The largest absolute Gasteiger partial charge is 0.357 e. The third-order valence-electron chi connectivity index (χ3n) is 3.48. The molecule has 0 unspecified atom stereocenters. The Kier molecular flexibility index (Phi) is 5.04. The van der Waals surface area contributed by atoms with Crippen LogP contribution >= 0.6 is 0 Å². The molecule has 1 aliphatic rings. The average Bonchev–Trinajstić information content (AvgIpc) is 2.22. The summed E-state index contributed by atoms with van der Waals surface area (Å²) < 4.78 is 6.12. The lowest BCUT2D eigenvalue weighted by Crippen LogP contribution is -2.42. The summed E-state index contributed by atoms with van der Waals surface area (Å²) in [5.41, 5.74) is -0.258. The molecular weight excluding hydrogens is 210 g/mol. The fourth-order valence-corrected chi connectivity index (χ4v) is 2.44. The van der Waals surface area contributed by atoms with Gasteiger partial charge in [-0.3, -0.25) is 4.90 Å². The molecule has 1 saturated heterocycles. The summed E-state index contributed by atoms with van der Waals surface area (Å²) in [5.74, 6) is 6.63. The molecule has 1 fully saturated rings. The van der Waals surface area contributed by atoms with Crippen molar-refractivity contribution < 1.29 is 4.74 Å². The first kappa shape index (κ1) is 14.5. The zero-order valence-corrected chi connectivity index (χ0v) is 12.1. The van der Waals surface area contributed by atoms with Crippen LogP contribution in [0.2, 0.25) is 0 Å². The van der Waals surface area contributed by atoms with Crippen molar-refractivity contribution in [1.29, 1.82) is 0 Å². The maximum atomic E-state index is 6.12. The summed E-state index contributed by atoms with van der Waals surface area (Å²) in [4.78, 5) is 2.32. The van der Waals surface area contributed by atoms with Gasteiger partial charge in [0.05, 0.1) is 12.1 Å². The van der Waals surface area contributed by atoms with Crippen molar-refractivity contribution >= 4 is 0 Å². The molecule has 17 heavy (non-hydrogen) atoms. The first-order valence-corrected chi connectivity index (χ1v) is 6.83. The molecule has 0 aromatic carbocycles. The van der Waals surface area contributed by atoms with Gasteiger partial charge in [-0.25, -0.2) is 0 Å². The molecule has 1 aliphatic heterocycles. The van der Waals surface area contributed by atoms with Crippen LogP contribution in [0.4, 0.5) is 0 Å². The van der Waals surface area contributed by atoms with E-state index in [9.17, 15) is 0 Å². The van der Waals surface area contributed by atoms with Gasteiger partial charge in [-0.1, -0.05) is 25.7 Å². The molecule has 1 atom stereocenters. The van der Waals surface area contributed by atoms with Crippen LogP contribution in [0.25, 0.3) is 0 Å². The Morgan fingerprint density at radius 1 is 1.12 bits per heavy atom. The Hall–Kier alpha value is -0.520. The molecule has 2 heteroatoms. The quantitative estimate of drug-likeness (QED) is 0.699. The highest BCUT2D eigenvalue weighted by molar-refractivity contribution is 5.15. The Morgan fingerprint density at radius 2 is 1.76 bits per heavy atom.